The highest BCUT2D eigenvalue weighted by Crippen LogP contribution is 2.25. The summed E-state index contributed by atoms with van der Waals surface area (Å²) in [6, 6.07) is -3.37. The molecule has 4 N–H and O–H groups in total. The number of rotatable bonds is 9. The number of nitrogens with two attached hydrogens (primary N) is 1. The van der Waals surface area contributed by atoms with Crippen molar-refractivity contribution in [3.63, 3.8) is 0 Å². The fraction of sp³-hybridized carbons (Fsp3) is 0.500. The van der Waals surface area contributed by atoms with Crippen molar-refractivity contribution in [2.75, 3.05) is 19.5 Å². The van der Waals surface area contributed by atoms with Crippen LogP contribution in [0.25, 0.3) is 0 Å². The van der Waals surface area contributed by atoms with E-state index in [9.17, 15) is 22.8 Å². The van der Waals surface area contributed by atoms with E-state index in [0.29, 0.717) is 6.42 Å². The molecule has 1 aliphatic rings. The number of unbranched alkanes of at least 4 members (excludes halogenated alkanes) is 1. The Balaban J connectivity index is 2.25. The van der Waals surface area contributed by atoms with Crippen LogP contribution in [0, 0.1) is 0 Å². The molecule has 0 saturated carbocycles. The molecule has 0 radical (unpaired) electrons. The summed E-state index contributed by atoms with van der Waals surface area (Å²) in [7, 11) is -4.07. The van der Waals surface area contributed by atoms with Crippen LogP contribution in [0.2, 0.25) is 0 Å². The van der Waals surface area contributed by atoms with E-state index in [-0.39, 0.29) is 27.4 Å². The lowest BCUT2D eigenvalue weighted by atomic mass is 9.98. The molecule has 0 bridgehead atoms. The summed E-state index contributed by atoms with van der Waals surface area (Å²) in [5.74, 6) is -3.34. The lowest BCUT2D eigenvalue weighted by Crippen LogP contribution is -2.74. The highest BCUT2D eigenvalue weighted by atomic mass is 32.2. The number of carbonyl (C=O) groups is 3. The van der Waals surface area contributed by atoms with Crippen LogP contribution in [0.3, 0.4) is 0 Å². The minimum absolute atomic E-state index is 0.0644. The number of hydrogen-bond acceptors (Lipinski definition) is 11. The van der Waals surface area contributed by atoms with Crippen molar-refractivity contribution in [2.24, 2.45) is 5.16 Å². The number of ether oxygens (including phenoxy) is 1. The molecule has 0 aliphatic carbocycles. The Bertz CT molecular complexity index is 928. The van der Waals surface area contributed by atoms with Gasteiger partial charge in [0.2, 0.25) is 0 Å². The van der Waals surface area contributed by atoms with Gasteiger partial charge in [-0.1, -0.05) is 18.5 Å². The van der Waals surface area contributed by atoms with Crippen molar-refractivity contribution >= 4 is 50.3 Å². The molecule has 0 spiro atoms. The second-order valence-electron chi connectivity index (χ2n) is 5.73. The first kappa shape index (κ1) is 22.5. The molecule has 15 heteroatoms. The summed E-state index contributed by atoms with van der Waals surface area (Å²) in [4.78, 5) is 45.6. The topological polar surface area (TPSA) is 191 Å². The van der Waals surface area contributed by atoms with Gasteiger partial charge in [-0.25, -0.2) is 9.78 Å². The number of amides is 2. The van der Waals surface area contributed by atoms with Crippen LogP contribution in [0.4, 0.5) is 5.13 Å². The lowest BCUT2D eigenvalue weighted by Gasteiger charge is -2.41. The van der Waals surface area contributed by atoms with Gasteiger partial charge in [0.05, 0.1) is 7.11 Å². The summed E-state index contributed by atoms with van der Waals surface area (Å²) in [5.41, 5.74) is 5.30. The molecular formula is C14H19N5O8S2. The first-order chi connectivity index (χ1) is 13.6. The molecule has 1 saturated heterocycles. The molecule has 1 fully saturated rings. The van der Waals surface area contributed by atoms with Crippen molar-refractivity contribution in [2.45, 2.75) is 31.8 Å². The molecule has 1 aromatic rings. The number of thiazole rings is 1. The average Bonchev–Trinajstić information content (AvgIpc) is 3.07. The molecule has 1 aliphatic heterocycles. The number of anilines is 1. The monoisotopic (exact) mass is 449 g/mol. The Hall–Kier alpha value is -2.78. The van der Waals surface area contributed by atoms with Crippen molar-refractivity contribution in [3.8, 4) is 0 Å². The lowest BCUT2D eigenvalue weighted by molar-refractivity contribution is -0.162. The van der Waals surface area contributed by atoms with Gasteiger partial charge in [0.1, 0.15) is 18.3 Å². The third kappa shape index (κ3) is 4.99. The van der Waals surface area contributed by atoms with Gasteiger partial charge in [0.15, 0.2) is 16.9 Å². The van der Waals surface area contributed by atoms with Gasteiger partial charge < -0.3 is 20.6 Å². The number of methoxy groups -OCH3 is 1. The second-order valence-corrected chi connectivity index (χ2v) is 7.91. The van der Waals surface area contributed by atoms with Crippen LogP contribution in [0.15, 0.2) is 10.5 Å². The molecule has 0 unspecified atom stereocenters. The van der Waals surface area contributed by atoms with E-state index in [0.717, 1.165) is 24.9 Å². The Morgan fingerprint density at radius 3 is 2.69 bits per heavy atom. The molecule has 0 aromatic carbocycles. The van der Waals surface area contributed by atoms with Crippen LogP contribution in [0.5, 0.6) is 0 Å². The van der Waals surface area contributed by atoms with Crippen LogP contribution in [0.1, 0.15) is 25.5 Å². The smallest absolute Gasteiger partial charge is 0.363 e. The maximum absolute atomic E-state index is 12.6. The fourth-order valence-electron chi connectivity index (χ4n) is 2.34. The van der Waals surface area contributed by atoms with Crippen molar-refractivity contribution < 1.29 is 36.9 Å². The number of nitrogens with zero attached hydrogens (tertiary/aromatic N) is 3. The number of aromatic nitrogens is 1. The molecule has 1 aromatic heterocycles. The zero-order valence-corrected chi connectivity index (χ0v) is 17.0. The highest BCUT2D eigenvalue weighted by molar-refractivity contribution is 7.84. The number of nitrogen functional groups attached to an aromatic ring is 1. The van der Waals surface area contributed by atoms with E-state index >= 15 is 0 Å². The van der Waals surface area contributed by atoms with Gasteiger partial charge in [-0.3, -0.25) is 14.1 Å². The largest absolute Gasteiger partial charge is 0.467 e. The normalized spacial score (nSPS) is 19.5. The van der Waals surface area contributed by atoms with Gasteiger partial charge >= 0.3 is 16.3 Å². The van der Waals surface area contributed by atoms with Gasteiger partial charge in [0.25, 0.3) is 11.8 Å². The summed E-state index contributed by atoms with van der Waals surface area (Å²) >= 11 is 1.03. The Labute approximate surface area is 169 Å². The maximum Gasteiger partial charge on any atom is 0.363 e. The molecule has 2 atom stereocenters. The minimum Gasteiger partial charge on any atom is -0.467 e. The quantitative estimate of drug-likeness (QED) is 0.104. The summed E-state index contributed by atoms with van der Waals surface area (Å²) in [6.45, 7) is 2.15. The highest BCUT2D eigenvalue weighted by Gasteiger charge is 2.58. The van der Waals surface area contributed by atoms with Crippen molar-refractivity contribution in [1.82, 2.24) is 14.6 Å². The minimum atomic E-state index is -5.03. The molecule has 160 valence electrons. The molecule has 13 nitrogen and oxygen atoms in total. The van der Waals surface area contributed by atoms with Gasteiger partial charge in [-0.15, -0.1) is 11.3 Å². The third-order valence-corrected chi connectivity index (χ3v) is 5.33. The summed E-state index contributed by atoms with van der Waals surface area (Å²) in [6.07, 6.45) is 1.50. The van der Waals surface area contributed by atoms with E-state index in [1.807, 2.05) is 6.92 Å². The van der Waals surface area contributed by atoms with Crippen LogP contribution in [-0.4, -0.2) is 71.6 Å². The van der Waals surface area contributed by atoms with E-state index in [1.54, 1.807) is 0 Å². The summed E-state index contributed by atoms with van der Waals surface area (Å²) in [5, 5.41) is 7.50. The van der Waals surface area contributed by atoms with Crippen LogP contribution < -0.4 is 11.1 Å². The van der Waals surface area contributed by atoms with Gasteiger partial charge in [-0.2, -0.15) is 12.7 Å². The van der Waals surface area contributed by atoms with Gasteiger partial charge in [0, 0.05) is 5.38 Å². The first-order valence-corrected chi connectivity index (χ1v) is 10.5. The van der Waals surface area contributed by atoms with Crippen LogP contribution >= 0.6 is 11.3 Å². The molecule has 2 rings (SSSR count). The second kappa shape index (κ2) is 9.15. The third-order valence-electron chi connectivity index (χ3n) is 3.75. The number of hydrogen-bond donors (Lipinski definition) is 3. The van der Waals surface area contributed by atoms with E-state index < -0.39 is 40.2 Å². The standard InChI is InChI=1S/C14H19N5O8S2/c1-3-4-5-27-18-8(7-6-28-14(15)16-7)11(20)17-9-10(13(22)26-2)19(12(9)21)29(23,24)25/h6,9-10H,3-5H2,1-2H3,(H2,15,16)(H,17,20)(H,23,24,25)/t9-,10-/m1/s1. The SMILES string of the molecule is CCCCON=C(C(=O)N[C@H]1C(=O)N(S(=O)(=O)O)[C@H]1C(=O)OC)c1csc(N)n1. The van der Waals surface area contributed by atoms with Crippen molar-refractivity contribution in [3.05, 3.63) is 11.1 Å². The number of β-lactam (4-membered cyclic amide) rings is 1. The first-order valence-electron chi connectivity index (χ1n) is 8.22. The number of carbonyl (C=O) groups excluding carboxylic acids is 3. The zero-order chi connectivity index (χ0) is 21.8. The fourth-order valence-corrected chi connectivity index (χ4v) is 3.73. The maximum atomic E-state index is 12.6. The van der Waals surface area contributed by atoms with Crippen molar-refractivity contribution in [1.29, 1.82) is 0 Å². The molecule has 29 heavy (non-hydrogen) atoms. The average molecular weight is 449 g/mol. The number of oxime groups is 1. The Morgan fingerprint density at radius 1 is 1.48 bits per heavy atom. The van der Waals surface area contributed by atoms with E-state index in [2.05, 4.69) is 20.2 Å². The number of esters is 1. The number of nitrogens with one attached hydrogen (secondary N) is 1. The molecule has 2 heterocycles. The van der Waals surface area contributed by atoms with E-state index in [4.69, 9.17) is 15.1 Å². The molecular weight excluding hydrogens is 430 g/mol. The predicted molar refractivity (Wildman–Crippen MR) is 100 cm³/mol. The van der Waals surface area contributed by atoms with Gasteiger partial charge in [-0.05, 0) is 6.42 Å². The zero-order valence-electron chi connectivity index (χ0n) is 15.4. The Kier molecular flexibility index (Phi) is 7.10. The van der Waals surface area contributed by atoms with Crippen LogP contribution in [-0.2, 0) is 34.3 Å². The predicted octanol–water partition coefficient (Wildman–Crippen LogP) is -1.08. The van der Waals surface area contributed by atoms with E-state index in [1.165, 1.54) is 5.38 Å². The Morgan fingerprint density at radius 2 is 2.17 bits per heavy atom. The molecule has 2 amide bonds. The summed E-state index contributed by atoms with van der Waals surface area (Å²) < 4.78 is 36.1.